The molecule has 3 heterocycles. The lowest BCUT2D eigenvalue weighted by Crippen LogP contribution is -2.15. The second kappa shape index (κ2) is 6.02. The van der Waals surface area contributed by atoms with Gasteiger partial charge >= 0.3 is 0 Å². The van der Waals surface area contributed by atoms with E-state index < -0.39 is 0 Å². The molecule has 0 spiro atoms. The molecule has 134 valence electrons. The van der Waals surface area contributed by atoms with E-state index in [9.17, 15) is 4.79 Å². The molecule has 1 aliphatic rings. The molecule has 2 aromatic carbocycles. The minimum Gasteiger partial charge on any atom is -0.486 e. The highest BCUT2D eigenvalue weighted by Crippen LogP contribution is 2.34. The highest BCUT2D eigenvalue weighted by molar-refractivity contribution is 5.84. The van der Waals surface area contributed by atoms with E-state index in [0.717, 1.165) is 45.0 Å². The van der Waals surface area contributed by atoms with E-state index in [2.05, 4.69) is 9.97 Å². The Balaban J connectivity index is 1.63. The molecule has 1 aliphatic heterocycles. The van der Waals surface area contributed by atoms with Gasteiger partial charge in [0.2, 0.25) is 5.56 Å². The zero-order valence-electron chi connectivity index (χ0n) is 14.7. The maximum absolute atomic E-state index is 11.8. The van der Waals surface area contributed by atoms with E-state index >= 15 is 0 Å². The fraction of sp³-hybridized carbons (Fsp3) is 0.143. The fourth-order valence-electron chi connectivity index (χ4n) is 3.48. The standard InChI is InChI=1S/C21H17N3O3/c1-13-10-20(25)23-17-12-15(3-4-16(13)17)24-7-6-22-21(24)14-2-5-18-19(11-14)27-9-8-26-18/h2-7,10-12H,8-9H2,1H3,(H,23,25). The van der Waals surface area contributed by atoms with Gasteiger partial charge in [0.1, 0.15) is 19.0 Å². The Morgan fingerprint density at radius 3 is 2.78 bits per heavy atom. The van der Waals surface area contributed by atoms with Crippen molar-refractivity contribution in [2.45, 2.75) is 6.92 Å². The molecule has 4 aromatic rings. The average molecular weight is 359 g/mol. The van der Waals surface area contributed by atoms with E-state index in [0.29, 0.717) is 13.2 Å². The molecule has 0 atom stereocenters. The van der Waals surface area contributed by atoms with Gasteiger partial charge in [-0.3, -0.25) is 9.36 Å². The molecule has 0 unspecified atom stereocenters. The van der Waals surface area contributed by atoms with Crippen molar-refractivity contribution in [2.75, 3.05) is 13.2 Å². The number of rotatable bonds is 2. The SMILES string of the molecule is Cc1cc(=O)[nH]c2cc(-n3ccnc3-c3ccc4c(c3)OCCO4)ccc12. The predicted octanol–water partition coefficient (Wildman–Crippen LogP) is 3.46. The van der Waals surface area contributed by atoms with Crippen molar-refractivity contribution < 1.29 is 9.47 Å². The smallest absolute Gasteiger partial charge is 0.248 e. The largest absolute Gasteiger partial charge is 0.486 e. The number of hydrogen-bond donors (Lipinski definition) is 1. The first-order valence-corrected chi connectivity index (χ1v) is 8.76. The molecular formula is C21H17N3O3. The summed E-state index contributed by atoms with van der Waals surface area (Å²) in [4.78, 5) is 19.3. The van der Waals surface area contributed by atoms with Crippen molar-refractivity contribution in [2.24, 2.45) is 0 Å². The summed E-state index contributed by atoms with van der Waals surface area (Å²) in [5, 5.41) is 1.03. The van der Waals surface area contributed by atoms with Gasteiger partial charge in [0.15, 0.2) is 11.5 Å². The molecule has 0 amide bonds. The highest BCUT2D eigenvalue weighted by Gasteiger charge is 2.15. The topological polar surface area (TPSA) is 69.1 Å². The number of hydrogen-bond acceptors (Lipinski definition) is 4. The van der Waals surface area contributed by atoms with Gasteiger partial charge in [0.25, 0.3) is 0 Å². The number of aromatic nitrogens is 3. The van der Waals surface area contributed by atoms with Crippen LogP contribution in [0.25, 0.3) is 28.0 Å². The number of nitrogens with zero attached hydrogens (tertiary/aromatic N) is 2. The van der Waals surface area contributed by atoms with Crippen molar-refractivity contribution in [1.82, 2.24) is 14.5 Å². The Labute approximate surface area is 155 Å². The first-order chi connectivity index (χ1) is 13.2. The number of imidazole rings is 1. The minimum absolute atomic E-state index is 0.102. The normalized spacial score (nSPS) is 13.1. The zero-order valence-corrected chi connectivity index (χ0v) is 14.7. The fourth-order valence-corrected chi connectivity index (χ4v) is 3.48. The van der Waals surface area contributed by atoms with Gasteiger partial charge in [-0.05, 0) is 42.8 Å². The monoisotopic (exact) mass is 359 g/mol. The van der Waals surface area contributed by atoms with Gasteiger partial charge in [-0.15, -0.1) is 0 Å². The van der Waals surface area contributed by atoms with E-state index in [-0.39, 0.29) is 5.56 Å². The van der Waals surface area contributed by atoms with Crippen molar-refractivity contribution in [1.29, 1.82) is 0 Å². The summed E-state index contributed by atoms with van der Waals surface area (Å²) in [6, 6.07) is 13.4. The third kappa shape index (κ3) is 2.66. The van der Waals surface area contributed by atoms with Crippen LogP contribution in [0.3, 0.4) is 0 Å². The number of aromatic amines is 1. The molecule has 2 aromatic heterocycles. The van der Waals surface area contributed by atoms with Crippen LogP contribution in [0.2, 0.25) is 0 Å². The molecule has 1 N–H and O–H groups in total. The van der Waals surface area contributed by atoms with Gasteiger partial charge in [-0.1, -0.05) is 6.07 Å². The number of pyridine rings is 1. The summed E-state index contributed by atoms with van der Waals surface area (Å²) in [5.41, 5.74) is 3.51. The maximum Gasteiger partial charge on any atom is 0.248 e. The first-order valence-electron chi connectivity index (χ1n) is 8.76. The number of aryl methyl sites for hydroxylation is 1. The van der Waals surface area contributed by atoms with Crippen LogP contribution < -0.4 is 15.0 Å². The quantitative estimate of drug-likeness (QED) is 0.595. The summed E-state index contributed by atoms with van der Waals surface area (Å²) >= 11 is 0. The van der Waals surface area contributed by atoms with Gasteiger partial charge in [0, 0.05) is 35.1 Å². The molecular weight excluding hydrogens is 342 g/mol. The Kier molecular flexibility index (Phi) is 3.50. The Morgan fingerprint density at radius 2 is 1.89 bits per heavy atom. The molecule has 6 heteroatoms. The van der Waals surface area contributed by atoms with E-state index in [1.54, 1.807) is 12.3 Å². The number of ether oxygens (including phenoxy) is 2. The van der Waals surface area contributed by atoms with E-state index in [1.165, 1.54) is 0 Å². The molecule has 0 fully saturated rings. The van der Waals surface area contributed by atoms with E-state index in [4.69, 9.17) is 9.47 Å². The lowest BCUT2D eigenvalue weighted by atomic mass is 10.1. The maximum atomic E-state index is 11.8. The molecule has 0 saturated carbocycles. The second-order valence-corrected chi connectivity index (χ2v) is 6.53. The highest BCUT2D eigenvalue weighted by atomic mass is 16.6. The molecule has 27 heavy (non-hydrogen) atoms. The van der Waals surface area contributed by atoms with Gasteiger partial charge in [-0.25, -0.2) is 4.98 Å². The van der Waals surface area contributed by atoms with Gasteiger partial charge in [-0.2, -0.15) is 0 Å². The number of benzene rings is 2. The molecule has 0 radical (unpaired) electrons. The summed E-state index contributed by atoms with van der Waals surface area (Å²) < 4.78 is 13.3. The van der Waals surface area contributed by atoms with Crippen LogP contribution in [0.15, 0.2) is 59.7 Å². The van der Waals surface area contributed by atoms with Gasteiger partial charge < -0.3 is 14.5 Å². The third-order valence-corrected chi connectivity index (χ3v) is 4.75. The lowest BCUT2D eigenvalue weighted by Gasteiger charge is -2.19. The second-order valence-electron chi connectivity index (χ2n) is 6.53. The molecule has 0 bridgehead atoms. The van der Waals surface area contributed by atoms with Crippen LogP contribution in [-0.4, -0.2) is 27.7 Å². The third-order valence-electron chi connectivity index (χ3n) is 4.75. The zero-order chi connectivity index (χ0) is 18.4. The summed E-state index contributed by atoms with van der Waals surface area (Å²) in [6.45, 7) is 3.05. The van der Waals surface area contributed by atoms with Crippen molar-refractivity contribution >= 4 is 10.9 Å². The Morgan fingerprint density at radius 1 is 1.04 bits per heavy atom. The summed E-state index contributed by atoms with van der Waals surface area (Å²) in [7, 11) is 0. The molecule has 0 saturated heterocycles. The van der Waals surface area contributed by atoms with Crippen molar-refractivity contribution in [3.63, 3.8) is 0 Å². The van der Waals surface area contributed by atoms with Crippen molar-refractivity contribution in [3.05, 3.63) is 70.8 Å². The predicted molar refractivity (Wildman–Crippen MR) is 103 cm³/mol. The Hall–Kier alpha value is -3.54. The van der Waals surface area contributed by atoms with Crippen LogP contribution >= 0.6 is 0 Å². The van der Waals surface area contributed by atoms with Crippen LogP contribution in [0.1, 0.15) is 5.56 Å². The summed E-state index contributed by atoms with van der Waals surface area (Å²) in [6.07, 6.45) is 3.66. The molecule has 5 rings (SSSR count). The lowest BCUT2D eigenvalue weighted by molar-refractivity contribution is 0.171. The van der Waals surface area contributed by atoms with Crippen LogP contribution in [-0.2, 0) is 0 Å². The summed E-state index contributed by atoms with van der Waals surface area (Å²) in [5.74, 6) is 2.27. The van der Waals surface area contributed by atoms with E-state index in [1.807, 2.05) is 54.1 Å². The Bertz CT molecular complexity index is 1220. The number of nitrogens with one attached hydrogen (secondary N) is 1. The van der Waals surface area contributed by atoms with Gasteiger partial charge in [0.05, 0.1) is 5.52 Å². The molecule has 6 nitrogen and oxygen atoms in total. The van der Waals surface area contributed by atoms with Crippen LogP contribution in [0.4, 0.5) is 0 Å². The first kappa shape index (κ1) is 15.7. The van der Waals surface area contributed by atoms with Crippen LogP contribution in [0, 0.1) is 6.92 Å². The number of H-pyrrole nitrogens is 1. The average Bonchev–Trinajstić information content (AvgIpc) is 3.17. The number of fused-ring (bicyclic) bond motifs is 2. The molecule has 0 aliphatic carbocycles. The minimum atomic E-state index is -0.102. The van der Waals surface area contributed by atoms with Crippen LogP contribution in [0.5, 0.6) is 11.5 Å². The van der Waals surface area contributed by atoms with Crippen molar-refractivity contribution in [3.8, 4) is 28.6 Å².